The van der Waals surface area contributed by atoms with Crippen LogP contribution in [0.1, 0.15) is 23.6 Å². The van der Waals surface area contributed by atoms with E-state index in [1.807, 2.05) is 26.0 Å². The predicted octanol–water partition coefficient (Wildman–Crippen LogP) is 3.93. The predicted molar refractivity (Wildman–Crippen MR) is 105 cm³/mol. The molecular weight excluding hydrogens is 360 g/mol. The Morgan fingerprint density at radius 1 is 1.04 bits per heavy atom. The van der Waals surface area contributed by atoms with Crippen LogP contribution in [0, 0.1) is 13.8 Å². The molecule has 2 aromatic carbocycles. The van der Waals surface area contributed by atoms with Gasteiger partial charge in [0.25, 0.3) is 0 Å². The first-order valence-corrected chi connectivity index (χ1v) is 8.88. The second-order valence-electron chi connectivity index (χ2n) is 6.57. The summed E-state index contributed by atoms with van der Waals surface area (Å²) in [4.78, 5) is 24.1. The first-order valence-electron chi connectivity index (χ1n) is 8.88. The minimum Gasteiger partial charge on any atom is -0.497 e. The van der Waals surface area contributed by atoms with Gasteiger partial charge in [-0.15, -0.1) is 0 Å². The Labute approximate surface area is 162 Å². The van der Waals surface area contributed by atoms with Gasteiger partial charge in [-0.2, -0.15) is 0 Å². The third-order valence-corrected chi connectivity index (χ3v) is 4.52. The average Bonchev–Trinajstić information content (AvgIpc) is 2.67. The maximum atomic E-state index is 12.3. The van der Waals surface area contributed by atoms with Gasteiger partial charge in [-0.1, -0.05) is 0 Å². The molecular formula is C22H22O6. The molecule has 0 saturated heterocycles. The number of carbonyl (C=O) groups excluding carboxylic acids is 1. The van der Waals surface area contributed by atoms with E-state index in [-0.39, 0.29) is 6.61 Å². The number of esters is 1. The van der Waals surface area contributed by atoms with E-state index >= 15 is 0 Å². The van der Waals surface area contributed by atoms with E-state index < -0.39 is 17.7 Å². The number of carbonyl (C=O) groups is 1. The van der Waals surface area contributed by atoms with Crippen molar-refractivity contribution in [3.63, 3.8) is 0 Å². The molecule has 3 aromatic rings. The van der Waals surface area contributed by atoms with Gasteiger partial charge in [0, 0.05) is 17.0 Å². The van der Waals surface area contributed by atoms with E-state index in [4.69, 9.17) is 18.6 Å². The highest BCUT2D eigenvalue weighted by Gasteiger charge is 2.18. The molecule has 0 aliphatic carbocycles. The second-order valence-corrected chi connectivity index (χ2v) is 6.57. The van der Waals surface area contributed by atoms with Gasteiger partial charge < -0.3 is 18.6 Å². The summed E-state index contributed by atoms with van der Waals surface area (Å²) in [5.74, 6) is 0.700. The maximum absolute atomic E-state index is 12.3. The topological polar surface area (TPSA) is 75.0 Å². The fourth-order valence-electron chi connectivity index (χ4n) is 2.78. The van der Waals surface area contributed by atoms with Gasteiger partial charge in [-0.05, 0) is 68.3 Å². The number of hydrogen-bond donors (Lipinski definition) is 0. The monoisotopic (exact) mass is 382 g/mol. The number of aryl methyl sites for hydroxylation is 2. The highest BCUT2D eigenvalue weighted by molar-refractivity contribution is 5.82. The van der Waals surface area contributed by atoms with Crippen LogP contribution in [0.25, 0.3) is 11.0 Å². The second kappa shape index (κ2) is 8.17. The van der Waals surface area contributed by atoms with E-state index in [1.54, 1.807) is 38.3 Å². The van der Waals surface area contributed by atoms with E-state index in [0.29, 0.717) is 22.6 Å². The first kappa shape index (κ1) is 19.5. The fraction of sp³-hybridized carbons (Fsp3) is 0.273. The van der Waals surface area contributed by atoms with E-state index in [9.17, 15) is 9.59 Å². The molecule has 0 amide bonds. The molecule has 0 aliphatic rings. The van der Waals surface area contributed by atoms with Crippen LogP contribution in [0.4, 0.5) is 0 Å². The van der Waals surface area contributed by atoms with E-state index in [0.717, 1.165) is 16.5 Å². The van der Waals surface area contributed by atoms with Crippen LogP contribution >= 0.6 is 0 Å². The van der Waals surface area contributed by atoms with Crippen molar-refractivity contribution in [2.75, 3.05) is 7.11 Å². The van der Waals surface area contributed by atoms with Crippen molar-refractivity contribution >= 4 is 16.9 Å². The quantitative estimate of drug-likeness (QED) is 0.475. The zero-order valence-corrected chi connectivity index (χ0v) is 16.3. The van der Waals surface area contributed by atoms with Crippen LogP contribution in [0.5, 0.6) is 11.5 Å². The van der Waals surface area contributed by atoms with Crippen molar-refractivity contribution in [2.45, 2.75) is 33.5 Å². The zero-order valence-electron chi connectivity index (χ0n) is 16.3. The van der Waals surface area contributed by atoms with Gasteiger partial charge >= 0.3 is 11.6 Å². The molecule has 0 saturated carbocycles. The molecule has 1 aromatic heterocycles. The number of rotatable bonds is 6. The third kappa shape index (κ3) is 4.34. The Morgan fingerprint density at radius 2 is 1.68 bits per heavy atom. The SMILES string of the molecule is COc1ccc(OC(C)C(=O)OCc2cc(=O)oc3cc(C)c(C)cc23)cc1. The summed E-state index contributed by atoms with van der Waals surface area (Å²) in [6.45, 7) is 5.48. The number of methoxy groups -OCH3 is 1. The van der Waals surface area contributed by atoms with Crippen molar-refractivity contribution in [1.82, 2.24) is 0 Å². The molecule has 0 spiro atoms. The lowest BCUT2D eigenvalue weighted by Crippen LogP contribution is -2.26. The zero-order chi connectivity index (χ0) is 20.3. The summed E-state index contributed by atoms with van der Waals surface area (Å²) in [5.41, 5.74) is 2.67. The lowest BCUT2D eigenvalue weighted by Gasteiger charge is -2.15. The van der Waals surface area contributed by atoms with E-state index in [2.05, 4.69) is 0 Å². The van der Waals surface area contributed by atoms with Gasteiger partial charge in [-0.25, -0.2) is 9.59 Å². The van der Waals surface area contributed by atoms with Crippen LogP contribution in [0.2, 0.25) is 0 Å². The average molecular weight is 382 g/mol. The maximum Gasteiger partial charge on any atom is 0.347 e. The van der Waals surface area contributed by atoms with Crippen molar-refractivity contribution < 1.29 is 23.4 Å². The van der Waals surface area contributed by atoms with Gasteiger partial charge in [0.1, 0.15) is 23.7 Å². The molecule has 146 valence electrons. The summed E-state index contributed by atoms with van der Waals surface area (Å²) in [6, 6.07) is 12.0. The van der Waals surface area contributed by atoms with Crippen LogP contribution in [0.15, 0.2) is 51.7 Å². The smallest absolute Gasteiger partial charge is 0.347 e. The lowest BCUT2D eigenvalue weighted by molar-refractivity contribution is -0.152. The molecule has 1 heterocycles. The summed E-state index contributed by atoms with van der Waals surface area (Å²) >= 11 is 0. The van der Waals surface area contributed by atoms with Crippen molar-refractivity contribution in [3.8, 4) is 11.5 Å². The normalized spacial score (nSPS) is 11.9. The molecule has 1 unspecified atom stereocenters. The Bertz CT molecular complexity index is 1050. The lowest BCUT2D eigenvalue weighted by atomic mass is 10.0. The molecule has 0 fully saturated rings. The number of ether oxygens (including phenoxy) is 3. The van der Waals surface area contributed by atoms with Crippen LogP contribution in [0.3, 0.4) is 0 Å². The standard InChI is InChI=1S/C22H22O6/c1-13-9-19-16(11-21(23)28-20(19)10-14(13)2)12-26-22(24)15(3)27-18-7-5-17(25-4)6-8-18/h5-11,15H,12H2,1-4H3. The third-order valence-electron chi connectivity index (χ3n) is 4.52. The molecule has 0 radical (unpaired) electrons. The largest absolute Gasteiger partial charge is 0.497 e. The minimum atomic E-state index is -0.802. The molecule has 0 bridgehead atoms. The Kier molecular flexibility index (Phi) is 5.68. The number of hydrogen-bond acceptors (Lipinski definition) is 6. The molecule has 0 aliphatic heterocycles. The summed E-state index contributed by atoms with van der Waals surface area (Å²) in [7, 11) is 1.58. The van der Waals surface area contributed by atoms with Crippen LogP contribution in [-0.2, 0) is 16.1 Å². The summed E-state index contributed by atoms with van der Waals surface area (Å²) < 4.78 is 21.3. The molecule has 3 rings (SSSR count). The fourth-order valence-corrected chi connectivity index (χ4v) is 2.78. The van der Waals surface area contributed by atoms with E-state index in [1.165, 1.54) is 6.07 Å². The number of benzene rings is 2. The Balaban J connectivity index is 1.71. The Hall–Kier alpha value is -3.28. The first-order chi connectivity index (χ1) is 13.4. The molecule has 6 nitrogen and oxygen atoms in total. The molecule has 28 heavy (non-hydrogen) atoms. The molecule has 6 heteroatoms. The van der Waals surface area contributed by atoms with Gasteiger partial charge in [-0.3, -0.25) is 0 Å². The molecule has 0 N–H and O–H groups in total. The van der Waals surface area contributed by atoms with Crippen molar-refractivity contribution in [3.05, 3.63) is 69.6 Å². The Morgan fingerprint density at radius 3 is 2.36 bits per heavy atom. The number of fused-ring (bicyclic) bond motifs is 1. The van der Waals surface area contributed by atoms with Gasteiger partial charge in [0.05, 0.1) is 7.11 Å². The van der Waals surface area contributed by atoms with Gasteiger partial charge in [0.2, 0.25) is 0 Å². The van der Waals surface area contributed by atoms with Crippen LogP contribution < -0.4 is 15.1 Å². The van der Waals surface area contributed by atoms with Gasteiger partial charge in [0.15, 0.2) is 6.10 Å². The summed E-state index contributed by atoms with van der Waals surface area (Å²) in [6.07, 6.45) is -0.802. The molecule has 1 atom stereocenters. The van der Waals surface area contributed by atoms with Crippen molar-refractivity contribution in [1.29, 1.82) is 0 Å². The highest BCUT2D eigenvalue weighted by atomic mass is 16.6. The highest BCUT2D eigenvalue weighted by Crippen LogP contribution is 2.23. The van der Waals surface area contributed by atoms with Crippen LogP contribution in [-0.4, -0.2) is 19.2 Å². The van der Waals surface area contributed by atoms with Crippen molar-refractivity contribution in [2.24, 2.45) is 0 Å². The summed E-state index contributed by atoms with van der Waals surface area (Å²) in [5, 5.41) is 0.749. The minimum absolute atomic E-state index is 0.0419.